The van der Waals surface area contributed by atoms with E-state index < -0.39 is 0 Å². The lowest BCUT2D eigenvalue weighted by molar-refractivity contribution is -0.118. The van der Waals surface area contributed by atoms with Crippen molar-refractivity contribution in [3.63, 3.8) is 0 Å². The molecule has 0 fully saturated rings. The average Bonchev–Trinajstić information content (AvgIpc) is 3.43. The number of anilines is 1. The van der Waals surface area contributed by atoms with E-state index in [2.05, 4.69) is 15.1 Å². The van der Waals surface area contributed by atoms with Gasteiger partial charge in [-0.15, -0.1) is 0 Å². The second-order valence-electron chi connectivity index (χ2n) is 8.62. The molecule has 5 rings (SSSR count). The predicted molar refractivity (Wildman–Crippen MR) is 133 cm³/mol. The minimum atomic E-state index is -0.269. The molecule has 35 heavy (non-hydrogen) atoms. The van der Waals surface area contributed by atoms with Gasteiger partial charge in [0.15, 0.2) is 5.82 Å². The first kappa shape index (κ1) is 22.5. The summed E-state index contributed by atoms with van der Waals surface area (Å²) in [5.41, 5.74) is 3.28. The number of para-hydroxylation sites is 1. The molecule has 0 aliphatic carbocycles. The van der Waals surface area contributed by atoms with Crippen LogP contribution in [0.25, 0.3) is 21.9 Å². The van der Waals surface area contributed by atoms with Crippen LogP contribution in [0.3, 0.4) is 0 Å². The maximum atomic E-state index is 13.6. The topological polar surface area (TPSA) is 99.0 Å². The van der Waals surface area contributed by atoms with Gasteiger partial charge < -0.3 is 14.0 Å². The molecule has 3 heterocycles. The Bertz CT molecular complexity index is 1580. The molecule has 0 saturated carbocycles. The molecule has 3 aromatic heterocycles. The van der Waals surface area contributed by atoms with Gasteiger partial charge in [0.2, 0.25) is 11.8 Å². The molecule has 0 radical (unpaired) electrons. The molecule has 9 nitrogen and oxygen atoms in total. The van der Waals surface area contributed by atoms with Crippen LogP contribution in [-0.4, -0.2) is 37.2 Å². The van der Waals surface area contributed by atoms with Gasteiger partial charge in [0.1, 0.15) is 24.1 Å². The number of carbonyl (C=O) groups excluding carboxylic acids is 1. The van der Waals surface area contributed by atoms with Crippen LogP contribution in [0.2, 0.25) is 0 Å². The molecule has 0 spiro atoms. The van der Waals surface area contributed by atoms with E-state index in [-0.39, 0.29) is 24.6 Å². The van der Waals surface area contributed by atoms with Crippen molar-refractivity contribution < 1.29 is 9.32 Å². The molecule has 0 N–H and O–H groups in total. The molecule has 0 bridgehead atoms. The first-order valence-electron chi connectivity index (χ1n) is 11.6. The molecule has 1 amide bonds. The van der Waals surface area contributed by atoms with Crippen LogP contribution < -0.4 is 10.5 Å². The normalized spacial score (nSPS) is 11.4. The molecule has 2 aromatic carbocycles. The van der Waals surface area contributed by atoms with Crippen molar-refractivity contribution in [2.45, 2.75) is 39.8 Å². The van der Waals surface area contributed by atoms with Crippen molar-refractivity contribution in [1.82, 2.24) is 24.3 Å². The SMILES string of the molecule is CCCc1noc(Cn2cnc3c4cc(C)ccc4n(CC(=O)N(C)c4ccccc4)c3c2=O)n1. The quantitative estimate of drug-likeness (QED) is 0.360. The molecule has 0 unspecified atom stereocenters. The van der Waals surface area contributed by atoms with E-state index in [1.807, 2.05) is 62.4 Å². The lowest BCUT2D eigenvalue weighted by Gasteiger charge is -2.18. The lowest BCUT2D eigenvalue weighted by atomic mass is 10.1. The van der Waals surface area contributed by atoms with Crippen LogP contribution in [-0.2, 0) is 24.3 Å². The molecule has 0 saturated heterocycles. The predicted octanol–water partition coefficient (Wildman–Crippen LogP) is 3.71. The molecule has 178 valence electrons. The Kier molecular flexibility index (Phi) is 5.90. The van der Waals surface area contributed by atoms with Crippen molar-refractivity contribution in [3.8, 4) is 0 Å². The third-order valence-electron chi connectivity index (χ3n) is 6.08. The van der Waals surface area contributed by atoms with Gasteiger partial charge in [0.05, 0.1) is 11.8 Å². The number of amides is 1. The summed E-state index contributed by atoms with van der Waals surface area (Å²) in [7, 11) is 1.73. The van der Waals surface area contributed by atoms with Crippen molar-refractivity contribution in [2.24, 2.45) is 0 Å². The summed E-state index contributed by atoms with van der Waals surface area (Å²) in [4.78, 5) is 37.5. The maximum absolute atomic E-state index is 13.6. The smallest absolute Gasteiger partial charge is 0.278 e. The number of carbonyl (C=O) groups is 1. The largest absolute Gasteiger partial charge is 0.337 e. The summed E-state index contributed by atoms with van der Waals surface area (Å²) in [5, 5.41) is 4.80. The van der Waals surface area contributed by atoms with Gasteiger partial charge in [-0.1, -0.05) is 41.9 Å². The number of hydrogen-bond donors (Lipinski definition) is 0. The Labute approximate surface area is 201 Å². The highest BCUT2D eigenvalue weighted by Gasteiger charge is 2.21. The Morgan fingerprint density at radius 1 is 1.14 bits per heavy atom. The van der Waals surface area contributed by atoms with Gasteiger partial charge >= 0.3 is 0 Å². The Morgan fingerprint density at radius 3 is 2.71 bits per heavy atom. The number of fused-ring (bicyclic) bond motifs is 3. The molecular weight excluding hydrogens is 444 g/mol. The molecule has 5 aromatic rings. The second-order valence-corrected chi connectivity index (χ2v) is 8.62. The first-order chi connectivity index (χ1) is 17.0. The number of rotatable bonds is 7. The van der Waals surface area contributed by atoms with E-state index in [0.29, 0.717) is 29.2 Å². The number of aromatic nitrogens is 5. The van der Waals surface area contributed by atoms with Gasteiger partial charge in [-0.25, -0.2) is 4.98 Å². The van der Waals surface area contributed by atoms with E-state index in [0.717, 1.165) is 28.6 Å². The van der Waals surface area contributed by atoms with E-state index in [1.54, 1.807) is 16.5 Å². The Hall–Kier alpha value is -4.27. The molecule has 9 heteroatoms. The van der Waals surface area contributed by atoms with Gasteiger partial charge in [-0.05, 0) is 37.6 Å². The number of hydrogen-bond acceptors (Lipinski definition) is 6. The summed E-state index contributed by atoms with van der Waals surface area (Å²) in [5.74, 6) is 0.810. The van der Waals surface area contributed by atoms with Gasteiger partial charge in [-0.2, -0.15) is 4.98 Å². The molecule has 0 aliphatic rings. The minimum Gasteiger partial charge on any atom is -0.337 e. The van der Waals surface area contributed by atoms with E-state index in [9.17, 15) is 9.59 Å². The fourth-order valence-electron chi connectivity index (χ4n) is 4.25. The summed E-state index contributed by atoms with van der Waals surface area (Å²) in [6.07, 6.45) is 3.11. The first-order valence-corrected chi connectivity index (χ1v) is 11.6. The van der Waals surface area contributed by atoms with Gasteiger partial charge in [-0.3, -0.25) is 14.2 Å². The fourth-order valence-corrected chi connectivity index (χ4v) is 4.25. The highest BCUT2D eigenvalue weighted by atomic mass is 16.5. The highest BCUT2D eigenvalue weighted by molar-refractivity contribution is 6.07. The fraction of sp³-hybridized carbons (Fsp3) is 0.269. The summed E-state index contributed by atoms with van der Waals surface area (Å²) in [6.45, 7) is 4.13. The number of benzene rings is 2. The molecule has 0 atom stereocenters. The third-order valence-corrected chi connectivity index (χ3v) is 6.08. The van der Waals surface area contributed by atoms with Crippen LogP contribution in [0, 0.1) is 6.92 Å². The van der Waals surface area contributed by atoms with Crippen LogP contribution >= 0.6 is 0 Å². The minimum absolute atomic E-state index is 0.00338. The van der Waals surface area contributed by atoms with Gasteiger partial charge in [0, 0.05) is 24.5 Å². The zero-order valence-electron chi connectivity index (χ0n) is 19.9. The number of likely N-dealkylation sites (N-methyl/N-ethyl adjacent to an activating group) is 1. The lowest BCUT2D eigenvalue weighted by Crippen LogP contribution is -2.31. The second kappa shape index (κ2) is 9.17. The van der Waals surface area contributed by atoms with Gasteiger partial charge in [0.25, 0.3) is 5.56 Å². The summed E-state index contributed by atoms with van der Waals surface area (Å²) >= 11 is 0. The summed E-state index contributed by atoms with van der Waals surface area (Å²) < 4.78 is 8.52. The molecular formula is C26H26N6O3. The van der Waals surface area contributed by atoms with Crippen LogP contribution in [0.4, 0.5) is 5.69 Å². The Morgan fingerprint density at radius 2 is 1.94 bits per heavy atom. The van der Waals surface area contributed by atoms with Crippen LogP contribution in [0.1, 0.15) is 30.6 Å². The van der Waals surface area contributed by atoms with Crippen LogP contribution in [0.5, 0.6) is 0 Å². The maximum Gasteiger partial charge on any atom is 0.278 e. The Balaban J connectivity index is 1.59. The van der Waals surface area contributed by atoms with E-state index >= 15 is 0 Å². The van der Waals surface area contributed by atoms with Crippen molar-refractivity contribution >= 4 is 33.5 Å². The highest BCUT2D eigenvalue weighted by Crippen LogP contribution is 2.27. The average molecular weight is 471 g/mol. The monoisotopic (exact) mass is 470 g/mol. The van der Waals surface area contributed by atoms with Crippen LogP contribution in [0.15, 0.2) is 64.2 Å². The molecule has 0 aliphatic heterocycles. The third kappa shape index (κ3) is 4.21. The van der Waals surface area contributed by atoms with Crippen molar-refractivity contribution in [3.05, 3.63) is 82.5 Å². The number of aryl methyl sites for hydroxylation is 2. The van der Waals surface area contributed by atoms with E-state index in [4.69, 9.17) is 4.52 Å². The standard InChI is InChI=1S/C26H26N6O3/c1-4-8-21-28-22(35-29-21)14-31-16-27-24-19-13-17(2)11-12-20(19)32(25(24)26(31)34)15-23(33)30(3)18-9-6-5-7-10-18/h5-7,9-13,16H,4,8,14-15H2,1-3H3. The zero-order chi connectivity index (χ0) is 24.5. The zero-order valence-corrected chi connectivity index (χ0v) is 19.9. The number of nitrogens with zero attached hydrogens (tertiary/aromatic N) is 6. The van der Waals surface area contributed by atoms with Crippen molar-refractivity contribution in [2.75, 3.05) is 11.9 Å². The summed E-state index contributed by atoms with van der Waals surface area (Å²) in [6, 6.07) is 15.3. The van der Waals surface area contributed by atoms with E-state index in [1.165, 1.54) is 10.9 Å². The van der Waals surface area contributed by atoms with Crippen molar-refractivity contribution in [1.29, 1.82) is 0 Å².